The average Bonchev–Trinajstić information content (AvgIpc) is 3.24. The fourth-order valence-corrected chi connectivity index (χ4v) is 4.59. The molecule has 0 unspecified atom stereocenters. The number of ether oxygens (including phenoxy) is 1. The third-order valence-corrected chi connectivity index (χ3v) is 6.53. The minimum atomic E-state index is -2.90. The third-order valence-electron chi connectivity index (χ3n) is 6.53. The van der Waals surface area contributed by atoms with Crippen LogP contribution in [-0.2, 0) is 20.0 Å². The first-order chi connectivity index (χ1) is 17.5. The van der Waals surface area contributed by atoms with Crippen LogP contribution in [0.3, 0.4) is 0 Å². The number of carbonyl (C=O) groups is 1. The van der Waals surface area contributed by atoms with E-state index in [1.807, 2.05) is 36.1 Å². The molecule has 4 heterocycles. The molecule has 7 nitrogen and oxygen atoms in total. The van der Waals surface area contributed by atoms with Gasteiger partial charge in [0.2, 0.25) is 0 Å². The number of carbonyl (C=O) groups excluding carboxylic acids is 1. The number of benzene rings is 1. The number of piperidine rings is 1. The van der Waals surface area contributed by atoms with Gasteiger partial charge >= 0.3 is 6.61 Å². The number of alkyl halides is 2. The zero-order chi connectivity index (χ0) is 25.1. The van der Waals surface area contributed by atoms with Gasteiger partial charge in [-0.05, 0) is 68.4 Å². The first-order valence-electron chi connectivity index (χ1n) is 12.0. The highest BCUT2D eigenvalue weighted by molar-refractivity contribution is 5.97. The number of fused-ring (bicyclic) bond motifs is 1. The molecule has 1 aliphatic rings. The lowest BCUT2D eigenvalue weighted by molar-refractivity contribution is -0.0498. The number of Topliss-reactive ketones (excluding diaryl/α,β-unsaturated/α-hetero) is 1. The summed E-state index contributed by atoms with van der Waals surface area (Å²) in [4.78, 5) is 24.5. The van der Waals surface area contributed by atoms with Gasteiger partial charge in [-0.3, -0.25) is 19.4 Å². The Bertz CT molecular complexity index is 1360. The first-order valence-corrected chi connectivity index (χ1v) is 12.0. The van der Waals surface area contributed by atoms with E-state index < -0.39 is 6.61 Å². The SMILES string of the molecule is Cn1ncc(-c2ccc3cnc(CC(=O)c4ccc(OC(F)F)cc4)cc3n2)c1CN1CCCCC1. The molecule has 0 spiro atoms. The van der Waals surface area contributed by atoms with E-state index in [-0.39, 0.29) is 18.0 Å². The third kappa shape index (κ3) is 5.41. The molecule has 1 saturated heterocycles. The second-order valence-electron chi connectivity index (χ2n) is 9.03. The van der Waals surface area contributed by atoms with Gasteiger partial charge < -0.3 is 4.74 Å². The molecule has 1 aliphatic heterocycles. The Morgan fingerprint density at radius 2 is 1.83 bits per heavy atom. The van der Waals surface area contributed by atoms with E-state index >= 15 is 0 Å². The molecule has 0 aliphatic carbocycles. The molecule has 1 fully saturated rings. The van der Waals surface area contributed by atoms with Crippen molar-refractivity contribution >= 4 is 16.7 Å². The van der Waals surface area contributed by atoms with Crippen molar-refractivity contribution in [2.24, 2.45) is 7.05 Å². The highest BCUT2D eigenvalue weighted by atomic mass is 19.3. The molecule has 1 aromatic carbocycles. The molecule has 4 aromatic rings. The van der Waals surface area contributed by atoms with Crippen LogP contribution in [0.25, 0.3) is 22.2 Å². The molecule has 5 rings (SSSR count). The Balaban J connectivity index is 1.36. The second kappa shape index (κ2) is 10.5. The standard InChI is InChI=1S/C27H27F2N5O2/c1-33-25(17-34-11-3-2-4-12-34)22(16-31-33)23-10-7-19-15-30-20(13-24(19)32-23)14-26(35)18-5-8-21(9-6-18)36-27(28)29/h5-10,13,15-16,27H,2-4,11-12,14,17H2,1H3. The fraction of sp³-hybridized carbons (Fsp3) is 0.333. The van der Waals surface area contributed by atoms with Crippen molar-refractivity contribution in [3.63, 3.8) is 0 Å². The van der Waals surface area contributed by atoms with Gasteiger partial charge in [-0.15, -0.1) is 0 Å². The van der Waals surface area contributed by atoms with Gasteiger partial charge in [0.1, 0.15) is 5.75 Å². The van der Waals surface area contributed by atoms with E-state index in [0.717, 1.165) is 47.5 Å². The molecule has 0 N–H and O–H groups in total. The zero-order valence-electron chi connectivity index (χ0n) is 20.0. The molecule has 9 heteroatoms. The lowest BCUT2D eigenvalue weighted by Crippen LogP contribution is -2.30. The van der Waals surface area contributed by atoms with Gasteiger partial charge in [0, 0.05) is 36.3 Å². The van der Waals surface area contributed by atoms with Crippen molar-refractivity contribution in [3.05, 3.63) is 71.8 Å². The summed E-state index contributed by atoms with van der Waals surface area (Å²) in [6.07, 6.45) is 7.39. The molecular formula is C27H27F2N5O2. The van der Waals surface area contributed by atoms with Crippen LogP contribution in [0.5, 0.6) is 5.75 Å². The fourth-order valence-electron chi connectivity index (χ4n) is 4.59. The van der Waals surface area contributed by atoms with Crippen LogP contribution in [0.1, 0.15) is 41.0 Å². The predicted octanol–water partition coefficient (Wildman–Crippen LogP) is 5.04. The number of hydrogen-bond donors (Lipinski definition) is 0. The molecule has 186 valence electrons. The molecule has 0 bridgehead atoms. The summed E-state index contributed by atoms with van der Waals surface area (Å²) in [6.45, 7) is 0.128. The maximum absolute atomic E-state index is 12.7. The van der Waals surface area contributed by atoms with Crippen LogP contribution in [0.4, 0.5) is 8.78 Å². The number of halogens is 2. The van der Waals surface area contributed by atoms with Gasteiger partial charge in [0.05, 0.1) is 35.2 Å². The number of aromatic nitrogens is 4. The van der Waals surface area contributed by atoms with Crippen LogP contribution >= 0.6 is 0 Å². The van der Waals surface area contributed by atoms with E-state index in [4.69, 9.17) is 4.98 Å². The molecule has 36 heavy (non-hydrogen) atoms. The molecule has 0 amide bonds. The van der Waals surface area contributed by atoms with Crippen molar-refractivity contribution in [2.45, 2.75) is 38.8 Å². The van der Waals surface area contributed by atoms with E-state index in [0.29, 0.717) is 11.3 Å². The number of nitrogens with zero attached hydrogens (tertiary/aromatic N) is 5. The van der Waals surface area contributed by atoms with E-state index in [2.05, 4.69) is 19.7 Å². The minimum absolute atomic E-state index is 0.0113. The summed E-state index contributed by atoms with van der Waals surface area (Å²) in [6, 6.07) is 11.5. The Morgan fingerprint density at radius 1 is 1.06 bits per heavy atom. The summed E-state index contributed by atoms with van der Waals surface area (Å²) >= 11 is 0. The van der Waals surface area contributed by atoms with Crippen molar-refractivity contribution < 1.29 is 18.3 Å². The van der Waals surface area contributed by atoms with Crippen molar-refractivity contribution in [3.8, 4) is 17.0 Å². The summed E-state index contributed by atoms with van der Waals surface area (Å²) < 4.78 is 31.0. The minimum Gasteiger partial charge on any atom is -0.435 e. The van der Waals surface area contributed by atoms with Gasteiger partial charge in [0.25, 0.3) is 0 Å². The molecule has 0 saturated carbocycles. The van der Waals surface area contributed by atoms with E-state index in [9.17, 15) is 13.6 Å². The molecule has 0 radical (unpaired) electrons. The largest absolute Gasteiger partial charge is 0.435 e. The van der Waals surface area contributed by atoms with Crippen LogP contribution in [0.2, 0.25) is 0 Å². The first kappa shape index (κ1) is 24.0. The zero-order valence-corrected chi connectivity index (χ0v) is 20.0. The van der Waals surface area contributed by atoms with Crippen LogP contribution in [0.15, 0.2) is 54.9 Å². The number of likely N-dealkylation sites (tertiary alicyclic amines) is 1. The summed E-state index contributed by atoms with van der Waals surface area (Å²) in [5.74, 6) is -0.158. The lowest BCUT2D eigenvalue weighted by atomic mass is 10.0. The lowest BCUT2D eigenvalue weighted by Gasteiger charge is -2.26. The number of pyridine rings is 2. The number of hydrogen-bond acceptors (Lipinski definition) is 6. The number of rotatable bonds is 8. The maximum Gasteiger partial charge on any atom is 0.387 e. The molecule has 3 aromatic heterocycles. The van der Waals surface area contributed by atoms with Crippen molar-refractivity contribution in [1.82, 2.24) is 24.6 Å². The predicted molar refractivity (Wildman–Crippen MR) is 132 cm³/mol. The smallest absolute Gasteiger partial charge is 0.387 e. The van der Waals surface area contributed by atoms with E-state index in [1.54, 1.807) is 6.20 Å². The Morgan fingerprint density at radius 3 is 2.58 bits per heavy atom. The summed E-state index contributed by atoms with van der Waals surface area (Å²) in [5, 5.41) is 5.37. The van der Waals surface area contributed by atoms with Crippen molar-refractivity contribution in [2.75, 3.05) is 13.1 Å². The molecular weight excluding hydrogens is 464 g/mol. The maximum atomic E-state index is 12.7. The van der Waals surface area contributed by atoms with Gasteiger partial charge in [-0.2, -0.15) is 13.9 Å². The summed E-state index contributed by atoms with van der Waals surface area (Å²) in [5.41, 5.74) is 4.71. The topological polar surface area (TPSA) is 73.1 Å². The normalized spacial score (nSPS) is 14.4. The van der Waals surface area contributed by atoms with Gasteiger partial charge in [-0.25, -0.2) is 4.98 Å². The van der Waals surface area contributed by atoms with Crippen molar-refractivity contribution in [1.29, 1.82) is 0 Å². The Hall–Kier alpha value is -3.72. The quantitative estimate of drug-likeness (QED) is 0.322. The Kier molecular flexibility index (Phi) is 6.99. The van der Waals surface area contributed by atoms with Gasteiger partial charge in [0.15, 0.2) is 5.78 Å². The summed E-state index contributed by atoms with van der Waals surface area (Å²) in [7, 11) is 1.96. The number of ketones is 1. The van der Waals surface area contributed by atoms with Crippen LogP contribution in [0, 0.1) is 0 Å². The highest BCUT2D eigenvalue weighted by Crippen LogP contribution is 2.26. The van der Waals surface area contributed by atoms with Crippen LogP contribution < -0.4 is 4.74 Å². The number of aryl methyl sites for hydroxylation is 1. The van der Waals surface area contributed by atoms with E-state index in [1.165, 1.54) is 43.5 Å². The highest BCUT2D eigenvalue weighted by Gasteiger charge is 2.18. The second-order valence-corrected chi connectivity index (χ2v) is 9.03. The van der Waals surface area contributed by atoms with Crippen LogP contribution in [-0.4, -0.2) is 50.1 Å². The monoisotopic (exact) mass is 491 g/mol. The molecule has 0 atom stereocenters. The van der Waals surface area contributed by atoms with Gasteiger partial charge in [-0.1, -0.05) is 6.42 Å². The Labute approximate surface area is 207 Å². The average molecular weight is 492 g/mol.